The van der Waals surface area contributed by atoms with Crippen LogP contribution in [-0.4, -0.2) is 24.1 Å². The average Bonchev–Trinajstić information content (AvgIpc) is 2.94. The van der Waals surface area contributed by atoms with Gasteiger partial charge >= 0.3 is 0 Å². The van der Waals surface area contributed by atoms with Gasteiger partial charge in [0.25, 0.3) is 5.56 Å². The van der Waals surface area contributed by atoms with Gasteiger partial charge in [-0.2, -0.15) is 0 Å². The van der Waals surface area contributed by atoms with Gasteiger partial charge in [0.05, 0.1) is 5.69 Å². The van der Waals surface area contributed by atoms with E-state index >= 15 is 0 Å². The largest absolute Gasteiger partial charge is 0.306 e. The molecule has 0 spiro atoms. The SMILES string of the molecule is Cc1ccc2nc(CSc3nncn3C(C)C)cc(=O)n2c1. The molecule has 3 aromatic heterocycles. The first-order valence-electron chi connectivity index (χ1n) is 7.06. The molecule has 7 heteroatoms. The summed E-state index contributed by atoms with van der Waals surface area (Å²) < 4.78 is 3.57. The summed E-state index contributed by atoms with van der Waals surface area (Å²) in [5.41, 5.74) is 2.38. The van der Waals surface area contributed by atoms with Crippen LogP contribution in [0.4, 0.5) is 0 Å². The van der Waals surface area contributed by atoms with Crippen molar-refractivity contribution in [3.63, 3.8) is 0 Å². The van der Waals surface area contributed by atoms with E-state index in [2.05, 4.69) is 29.0 Å². The number of nitrogens with zero attached hydrogens (tertiary/aromatic N) is 5. The molecule has 0 N–H and O–H groups in total. The second-order valence-corrected chi connectivity index (χ2v) is 6.37. The van der Waals surface area contributed by atoms with E-state index in [-0.39, 0.29) is 5.56 Å². The van der Waals surface area contributed by atoms with Crippen molar-refractivity contribution in [1.82, 2.24) is 24.1 Å². The molecular weight excluding hydrogens is 298 g/mol. The maximum absolute atomic E-state index is 12.2. The van der Waals surface area contributed by atoms with E-state index in [1.54, 1.807) is 23.0 Å². The van der Waals surface area contributed by atoms with Crippen LogP contribution in [0.1, 0.15) is 31.1 Å². The van der Waals surface area contributed by atoms with E-state index in [0.29, 0.717) is 17.4 Å². The van der Waals surface area contributed by atoms with E-state index < -0.39 is 0 Å². The van der Waals surface area contributed by atoms with Gasteiger partial charge in [0.15, 0.2) is 5.16 Å². The van der Waals surface area contributed by atoms with E-state index in [1.165, 1.54) is 11.8 Å². The van der Waals surface area contributed by atoms with Crippen LogP contribution in [-0.2, 0) is 5.75 Å². The van der Waals surface area contributed by atoms with Crippen LogP contribution in [0.5, 0.6) is 0 Å². The van der Waals surface area contributed by atoms with Crippen molar-refractivity contribution in [1.29, 1.82) is 0 Å². The predicted octanol–water partition coefficient (Wildman–Crippen LogP) is 2.47. The van der Waals surface area contributed by atoms with Gasteiger partial charge < -0.3 is 4.57 Å². The quantitative estimate of drug-likeness (QED) is 0.692. The predicted molar refractivity (Wildman–Crippen MR) is 86.2 cm³/mol. The fourth-order valence-electron chi connectivity index (χ4n) is 2.16. The molecular formula is C15H17N5OS. The van der Waals surface area contributed by atoms with Crippen molar-refractivity contribution >= 4 is 17.4 Å². The molecule has 0 aliphatic carbocycles. The highest BCUT2D eigenvalue weighted by atomic mass is 32.2. The zero-order valence-corrected chi connectivity index (χ0v) is 13.5. The highest BCUT2D eigenvalue weighted by Gasteiger charge is 2.09. The topological polar surface area (TPSA) is 65.1 Å². The van der Waals surface area contributed by atoms with Gasteiger partial charge in [0.2, 0.25) is 0 Å². The zero-order chi connectivity index (χ0) is 15.7. The smallest absolute Gasteiger partial charge is 0.258 e. The van der Waals surface area contributed by atoms with Gasteiger partial charge in [0.1, 0.15) is 12.0 Å². The fraction of sp³-hybridized carbons (Fsp3) is 0.333. The molecule has 3 aromatic rings. The Hall–Kier alpha value is -2.15. The van der Waals surface area contributed by atoms with Gasteiger partial charge in [-0.15, -0.1) is 10.2 Å². The molecule has 0 saturated carbocycles. The summed E-state index contributed by atoms with van der Waals surface area (Å²) in [6, 6.07) is 5.70. The summed E-state index contributed by atoms with van der Waals surface area (Å²) in [5, 5.41) is 8.89. The van der Waals surface area contributed by atoms with Crippen molar-refractivity contribution in [2.24, 2.45) is 0 Å². The van der Waals surface area contributed by atoms with Gasteiger partial charge in [0, 0.05) is 24.1 Å². The third kappa shape index (κ3) is 2.89. The number of pyridine rings is 1. The molecule has 22 heavy (non-hydrogen) atoms. The van der Waals surface area contributed by atoms with Crippen molar-refractivity contribution < 1.29 is 0 Å². The highest BCUT2D eigenvalue weighted by molar-refractivity contribution is 7.98. The van der Waals surface area contributed by atoms with Crippen molar-refractivity contribution in [2.75, 3.05) is 0 Å². The molecule has 0 saturated heterocycles. The van der Waals surface area contributed by atoms with Crippen LogP contribution >= 0.6 is 11.8 Å². The van der Waals surface area contributed by atoms with Gasteiger partial charge in [-0.05, 0) is 32.4 Å². The summed E-state index contributed by atoms with van der Waals surface area (Å²) in [4.78, 5) is 16.7. The van der Waals surface area contributed by atoms with Crippen LogP contribution in [0.25, 0.3) is 5.65 Å². The molecule has 0 unspecified atom stereocenters. The van der Waals surface area contributed by atoms with E-state index in [9.17, 15) is 4.79 Å². The molecule has 0 aromatic carbocycles. The summed E-state index contributed by atoms with van der Waals surface area (Å²) in [5.74, 6) is 0.588. The second-order valence-electron chi connectivity index (χ2n) is 5.42. The van der Waals surface area contributed by atoms with Crippen LogP contribution in [0, 0.1) is 6.92 Å². The van der Waals surface area contributed by atoms with Crippen LogP contribution in [0.3, 0.4) is 0 Å². The average molecular weight is 315 g/mol. The Bertz CT molecular complexity index is 868. The van der Waals surface area contributed by atoms with Crippen molar-refractivity contribution in [2.45, 2.75) is 37.7 Å². The third-order valence-electron chi connectivity index (χ3n) is 3.31. The number of hydrogen-bond donors (Lipinski definition) is 0. The van der Waals surface area contributed by atoms with Crippen molar-refractivity contribution in [3.05, 3.63) is 52.3 Å². The Morgan fingerprint density at radius 3 is 2.91 bits per heavy atom. The van der Waals surface area contributed by atoms with E-state index in [4.69, 9.17) is 0 Å². The molecule has 3 heterocycles. The Balaban J connectivity index is 1.87. The fourth-order valence-corrected chi connectivity index (χ4v) is 3.10. The Labute approximate surface area is 132 Å². The minimum absolute atomic E-state index is 0.0605. The molecule has 0 aliphatic rings. The highest BCUT2D eigenvalue weighted by Crippen LogP contribution is 2.22. The molecule has 0 fully saturated rings. The summed E-state index contributed by atoms with van der Waals surface area (Å²) in [7, 11) is 0. The van der Waals surface area contributed by atoms with Gasteiger partial charge in [-0.25, -0.2) is 4.98 Å². The molecule has 0 aliphatic heterocycles. The Kier molecular flexibility index (Phi) is 3.98. The van der Waals surface area contributed by atoms with Gasteiger partial charge in [-0.3, -0.25) is 9.20 Å². The first-order chi connectivity index (χ1) is 10.5. The minimum atomic E-state index is -0.0605. The Morgan fingerprint density at radius 2 is 2.14 bits per heavy atom. The van der Waals surface area contributed by atoms with Gasteiger partial charge in [-0.1, -0.05) is 17.8 Å². The first kappa shape index (κ1) is 14.8. The standard InChI is InChI=1S/C15H17N5OS/c1-10(2)20-9-16-18-15(20)22-8-12-6-14(21)19-7-11(3)4-5-13(19)17-12/h4-7,9-10H,8H2,1-3H3. The van der Waals surface area contributed by atoms with Crippen molar-refractivity contribution in [3.8, 4) is 0 Å². The number of aromatic nitrogens is 5. The number of aryl methyl sites for hydroxylation is 1. The number of hydrogen-bond acceptors (Lipinski definition) is 5. The number of thioether (sulfide) groups is 1. The molecule has 3 rings (SSSR count). The number of fused-ring (bicyclic) bond motifs is 1. The minimum Gasteiger partial charge on any atom is -0.306 e. The van der Waals surface area contributed by atoms with Crippen LogP contribution < -0.4 is 5.56 Å². The molecule has 0 radical (unpaired) electrons. The molecule has 6 nitrogen and oxygen atoms in total. The maximum Gasteiger partial charge on any atom is 0.258 e. The van der Waals surface area contributed by atoms with E-state index in [0.717, 1.165) is 16.4 Å². The summed E-state index contributed by atoms with van der Waals surface area (Å²) >= 11 is 1.53. The lowest BCUT2D eigenvalue weighted by Crippen LogP contribution is -2.15. The monoisotopic (exact) mass is 315 g/mol. The third-order valence-corrected chi connectivity index (χ3v) is 4.30. The first-order valence-corrected chi connectivity index (χ1v) is 8.04. The number of rotatable bonds is 4. The lowest BCUT2D eigenvalue weighted by atomic mass is 10.3. The lowest BCUT2D eigenvalue weighted by molar-refractivity contribution is 0.549. The molecule has 0 bridgehead atoms. The van der Waals surface area contributed by atoms with Crippen LogP contribution in [0.2, 0.25) is 0 Å². The molecule has 114 valence electrons. The molecule has 0 amide bonds. The zero-order valence-electron chi connectivity index (χ0n) is 12.7. The summed E-state index contributed by atoms with van der Waals surface area (Å²) in [6.07, 6.45) is 3.52. The second kappa shape index (κ2) is 5.92. The van der Waals surface area contributed by atoms with Crippen LogP contribution in [0.15, 0.2) is 40.7 Å². The summed E-state index contributed by atoms with van der Waals surface area (Å²) in [6.45, 7) is 6.11. The Morgan fingerprint density at radius 1 is 1.32 bits per heavy atom. The van der Waals surface area contributed by atoms with E-state index in [1.807, 2.05) is 23.6 Å². The lowest BCUT2D eigenvalue weighted by Gasteiger charge is -2.09. The molecule has 0 atom stereocenters. The normalized spacial score (nSPS) is 11.5. The maximum atomic E-state index is 12.2.